The number of hydrogen-bond acceptors (Lipinski definition) is 6. The number of aromatic nitrogens is 2. The van der Waals surface area contributed by atoms with Gasteiger partial charge in [-0.15, -0.1) is 0 Å². The number of benzene rings is 1. The summed E-state index contributed by atoms with van der Waals surface area (Å²) < 4.78 is 27.2. The molecule has 0 bridgehead atoms. The van der Waals surface area contributed by atoms with Gasteiger partial charge in [0.2, 0.25) is 11.9 Å². The van der Waals surface area contributed by atoms with Crippen molar-refractivity contribution in [3.05, 3.63) is 53.4 Å². The van der Waals surface area contributed by atoms with Crippen molar-refractivity contribution >= 4 is 18.1 Å². The van der Waals surface area contributed by atoms with E-state index in [1.807, 2.05) is 11.0 Å². The molecule has 0 saturated carbocycles. The number of carbonyl (C=O) groups excluding carboxylic acids is 1. The molecule has 2 aromatic rings. The van der Waals surface area contributed by atoms with Crippen molar-refractivity contribution in [3.8, 4) is 6.07 Å². The van der Waals surface area contributed by atoms with E-state index in [1.165, 1.54) is 29.5 Å². The standard InChI is InChI=1S/C20H18F2N6O/c21-16-7-15(8-17(22)9-16)18-1-4-26-28(18)19(29)14-2-5-27(6-3-14)20-24-11-13(10-23)12-25-20/h4,7-9,11-12,14,18H,1-3,5-6H2. The summed E-state index contributed by atoms with van der Waals surface area (Å²) in [6, 6.07) is 4.79. The second kappa shape index (κ2) is 7.91. The lowest BCUT2D eigenvalue weighted by atomic mass is 9.94. The summed E-state index contributed by atoms with van der Waals surface area (Å²) in [5.41, 5.74) is 0.794. The van der Waals surface area contributed by atoms with Crippen molar-refractivity contribution in [1.29, 1.82) is 5.26 Å². The molecule has 4 rings (SSSR count). The first kappa shape index (κ1) is 18.9. The SMILES string of the molecule is N#Cc1cnc(N2CCC(C(=O)N3N=CCC3c3cc(F)cc(F)c3)CC2)nc1. The van der Waals surface area contributed by atoms with Crippen molar-refractivity contribution in [2.75, 3.05) is 18.0 Å². The van der Waals surface area contributed by atoms with Crippen LogP contribution in [0.1, 0.15) is 36.4 Å². The van der Waals surface area contributed by atoms with Crippen molar-refractivity contribution in [3.63, 3.8) is 0 Å². The number of carbonyl (C=O) groups is 1. The van der Waals surface area contributed by atoms with Crippen molar-refractivity contribution in [2.24, 2.45) is 11.0 Å². The minimum atomic E-state index is -0.671. The van der Waals surface area contributed by atoms with Gasteiger partial charge in [-0.25, -0.2) is 23.8 Å². The molecule has 0 N–H and O–H groups in total. The molecule has 1 fully saturated rings. The molecule has 1 atom stereocenters. The number of halogens is 2. The molecule has 148 valence electrons. The zero-order valence-electron chi connectivity index (χ0n) is 15.5. The minimum absolute atomic E-state index is 0.145. The first-order valence-corrected chi connectivity index (χ1v) is 9.34. The molecule has 29 heavy (non-hydrogen) atoms. The molecule has 0 radical (unpaired) electrons. The van der Waals surface area contributed by atoms with Gasteiger partial charge in [0, 0.05) is 37.7 Å². The van der Waals surface area contributed by atoms with E-state index >= 15 is 0 Å². The second-order valence-corrected chi connectivity index (χ2v) is 7.08. The maximum atomic E-state index is 13.6. The predicted octanol–water partition coefficient (Wildman–Crippen LogP) is 2.80. The number of nitriles is 1. The normalized spacial score (nSPS) is 19.4. The Kier molecular flexibility index (Phi) is 5.16. The highest BCUT2D eigenvalue weighted by atomic mass is 19.1. The van der Waals surface area contributed by atoms with E-state index < -0.39 is 17.7 Å². The Morgan fingerprint density at radius 3 is 2.38 bits per heavy atom. The van der Waals surface area contributed by atoms with E-state index in [-0.39, 0.29) is 11.8 Å². The molecule has 9 heteroatoms. The van der Waals surface area contributed by atoms with E-state index in [9.17, 15) is 13.6 Å². The van der Waals surface area contributed by atoms with Gasteiger partial charge in [0.1, 0.15) is 17.7 Å². The molecule has 2 aliphatic heterocycles. The molecular weight excluding hydrogens is 378 g/mol. The minimum Gasteiger partial charge on any atom is -0.341 e. The zero-order valence-corrected chi connectivity index (χ0v) is 15.5. The van der Waals surface area contributed by atoms with E-state index in [0.29, 0.717) is 49.4 Å². The van der Waals surface area contributed by atoms with Gasteiger partial charge in [0.25, 0.3) is 0 Å². The lowest BCUT2D eigenvalue weighted by molar-refractivity contribution is -0.138. The van der Waals surface area contributed by atoms with Crippen molar-refractivity contribution < 1.29 is 13.6 Å². The number of hydrogen-bond donors (Lipinski definition) is 0. The van der Waals surface area contributed by atoms with Gasteiger partial charge >= 0.3 is 0 Å². The fourth-order valence-electron chi connectivity index (χ4n) is 3.73. The molecule has 2 aliphatic rings. The number of rotatable bonds is 3. The highest BCUT2D eigenvalue weighted by Crippen LogP contribution is 2.32. The second-order valence-electron chi connectivity index (χ2n) is 7.08. The quantitative estimate of drug-likeness (QED) is 0.796. The molecule has 1 unspecified atom stereocenters. The molecular formula is C20H18F2N6O. The van der Waals surface area contributed by atoms with Crippen LogP contribution >= 0.6 is 0 Å². The Bertz CT molecular complexity index is 959. The van der Waals surface area contributed by atoms with Gasteiger partial charge in [0.05, 0.1) is 24.0 Å². The summed E-state index contributed by atoms with van der Waals surface area (Å²) >= 11 is 0. The van der Waals surface area contributed by atoms with Gasteiger partial charge in [0.15, 0.2) is 0 Å². The number of amides is 1. The van der Waals surface area contributed by atoms with Crippen LogP contribution < -0.4 is 4.90 Å². The summed E-state index contributed by atoms with van der Waals surface area (Å²) in [6.07, 6.45) is 6.16. The maximum absolute atomic E-state index is 13.6. The molecule has 1 aromatic heterocycles. The third kappa shape index (κ3) is 3.92. The molecule has 1 aromatic carbocycles. The fourth-order valence-corrected chi connectivity index (χ4v) is 3.73. The van der Waals surface area contributed by atoms with Gasteiger partial charge in [-0.2, -0.15) is 10.4 Å². The third-order valence-electron chi connectivity index (χ3n) is 5.22. The predicted molar refractivity (Wildman–Crippen MR) is 101 cm³/mol. The van der Waals surface area contributed by atoms with Crippen molar-refractivity contribution in [1.82, 2.24) is 15.0 Å². The Balaban J connectivity index is 1.42. The maximum Gasteiger partial charge on any atom is 0.246 e. The Morgan fingerprint density at radius 2 is 1.76 bits per heavy atom. The fraction of sp³-hybridized carbons (Fsp3) is 0.350. The van der Waals surface area contributed by atoms with Gasteiger partial charge in [-0.3, -0.25) is 4.79 Å². The van der Waals surface area contributed by atoms with E-state index in [2.05, 4.69) is 15.1 Å². The van der Waals surface area contributed by atoms with Gasteiger partial charge in [-0.05, 0) is 30.5 Å². The van der Waals surface area contributed by atoms with Crippen LogP contribution in [0, 0.1) is 28.9 Å². The molecule has 1 amide bonds. The number of hydrazone groups is 1. The summed E-state index contributed by atoms with van der Waals surface area (Å²) in [5, 5.41) is 14.4. The summed E-state index contributed by atoms with van der Waals surface area (Å²) in [7, 11) is 0. The average Bonchev–Trinajstić information content (AvgIpc) is 3.23. The Labute approximate surface area is 166 Å². The number of piperidine rings is 1. The van der Waals surface area contributed by atoms with Gasteiger partial charge < -0.3 is 4.90 Å². The van der Waals surface area contributed by atoms with Crippen LogP contribution in [0.5, 0.6) is 0 Å². The molecule has 0 spiro atoms. The summed E-state index contributed by atoms with van der Waals surface area (Å²) in [6.45, 7) is 1.19. The molecule has 7 nitrogen and oxygen atoms in total. The molecule has 0 aliphatic carbocycles. The van der Waals surface area contributed by atoms with Gasteiger partial charge in [-0.1, -0.05) is 0 Å². The monoisotopic (exact) mass is 396 g/mol. The first-order valence-electron chi connectivity index (χ1n) is 9.34. The van der Waals surface area contributed by atoms with E-state index in [4.69, 9.17) is 5.26 Å². The topological polar surface area (TPSA) is 85.5 Å². The third-order valence-corrected chi connectivity index (χ3v) is 5.22. The Hall–Kier alpha value is -3.41. The summed E-state index contributed by atoms with van der Waals surface area (Å²) in [5.74, 6) is -1.19. The Morgan fingerprint density at radius 1 is 1.10 bits per heavy atom. The van der Waals surface area contributed by atoms with Crippen LogP contribution in [0.15, 0.2) is 35.7 Å². The smallest absolute Gasteiger partial charge is 0.246 e. The largest absolute Gasteiger partial charge is 0.341 e. The van der Waals surface area contributed by atoms with Crippen LogP contribution in [0.3, 0.4) is 0 Å². The van der Waals surface area contributed by atoms with Crippen LogP contribution in [-0.4, -0.2) is 40.2 Å². The van der Waals surface area contributed by atoms with E-state index in [1.54, 1.807) is 6.21 Å². The highest BCUT2D eigenvalue weighted by molar-refractivity contribution is 5.82. The first-order chi connectivity index (χ1) is 14.0. The zero-order chi connectivity index (χ0) is 20.4. The van der Waals surface area contributed by atoms with Crippen molar-refractivity contribution in [2.45, 2.75) is 25.3 Å². The molecule has 1 saturated heterocycles. The number of nitrogens with zero attached hydrogens (tertiary/aromatic N) is 6. The lowest BCUT2D eigenvalue weighted by Crippen LogP contribution is -2.41. The lowest BCUT2D eigenvalue weighted by Gasteiger charge is -2.33. The van der Waals surface area contributed by atoms with E-state index in [0.717, 1.165) is 6.07 Å². The van der Waals surface area contributed by atoms with Crippen LogP contribution in [0.2, 0.25) is 0 Å². The van der Waals surface area contributed by atoms with Crippen LogP contribution in [0.25, 0.3) is 0 Å². The molecule has 3 heterocycles. The van der Waals surface area contributed by atoms with Crippen LogP contribution in [-0.2, 0) is 4.79 Å². The highest BCUT2D eigenvalue weighted by Gasteiger charge is 2.35. The van der Waals surface area contributed by atoms with Crippen LogP contribution in [0.4, 0.5) is 14.7 Å². The average molecular weight is 396 g/mol. The number of anilines is 1. The summed E-state index contributed by atoms with van der Waals surface area (Å²) in [4.78, 5) is 23.4.